The van der Waals surface area contributed by atoms with E-state index in [1.807, 2.05) is 13.8 Å². The Hall–Kier alpha value is -1.59. The van der Waals surface area contributed by atoms with Crippen molar-refractivity contribution in [2.45, 2.75) is 38.6 Å². The lowest BCUT2D eigenvalue weighted by molar-refractivity contribution is -0.162. The summed E-state index contributed by atoms with van der Waals surface area (Å²) >= 11 is 0. The number of hydrogen-bond donors (Lipinski definition) is 3. The zero-order valence-corrected chi connectivity index (χ0v) is 10.4. The molecule has 1 heterocycles. The number of carbonyl (C=O) groups excluding carboxylic acids is 2. The van der Waals surface area contributed by atoms with E-state index in [4.69, 9.17) is 0 Å². The van der Waals surface area contributed by atoms with Crippen molar-refractivity contribution in [3.63, 3.8) is 0 Å². The zero-order valence-electron chi connectivity index (χ0n) is 10.4. The van der Waals surface area contributed by atoms with Gasteiger partial charge in [-0.25, -0.2) is 4.79 Å². The minimum atomic E-state index is -1.26. The molecule has 1 spiro atoms. The number of aliphatic carboxylic acids is 1. The van der Waals surface area contributed by atoms with E-state index in [0.29, 0.717) is 12.8 Å². The highest BCUT2D eigenvalue weighted by molar-refractivity contribution is 6.10. The number of urea groups is 1. The van der Waals surface area contributed by atoms with Crippen LogP contribution >= 0.6 is 0 Å². The van der Waals surface area contributed by atoms with Gasteiger partial charge in [0.25, 0.3) is 5.91 Å². The minimum absolute atomic E-state index is 0.151. The van der Waals surface area contributed by atoms with Gasteiger partial charge in [-0.3, -0.25) is 14.9 Å². The van der Waals surface area contributed by atoms with Gasteiger partial charge in [-0.15, -0.1) is 0 Å². The van der Waals surface area contributed by atoms with Crippen LogP contribution in [0.2, 0.25) is 0 Å². The SMILES string of the molecule is CC1(C)[C@H]2CC[C@@]1(C(=O)O)[C@]1(C2)NC(=O)NC1=O. The van der Waals surface area contributed by atoms with Gasteiger partial charge in [0.2, 0.25) is 0 Å². The quantitative estimate of drug-likeness (QED) is 0.591. The lowest BCUT2D eigenvalue weighted by Gasteiger charge is -2.43. The molecule has 2 saturated carbocycles. The summed E-state index contributed by atoms with van der Waals surface area (Å²) in [7, 11) is 0. The molecule has 6 heteroatoms. The molecule has 3 aliphatic rings. The molecular weight excluding hydrogens is 236 g/mol. The zero-order chi connectivity index (χ0) is 13.3. The van der Waals surface area contributed by atoms with Crippen LogP contribution in [-0.2, 0) is 9.59 Å². The van der Waals surface area contributed by atoms with Crippen molar-refractivity contribution < 1.29 is 19.5 Å². The molecular formula is C12H16N2O4. The molecule has 0 aromatic rings. The van der Waals surface area contributed by atoms with Crippen molar-refractivity contribution in [2.75, 3.05) is 0 Å². The van der Waals surface area contributed by atoms with Gasteiger partial charge in [-0.05, 0) is 30.6 Å². The van der Waals surface area contributed by atoms with Gasteiger partial charge in [0, 0.05) is 0 Å². The number of rotatable bonds is 1. The van der Waals surface area contributed by atoms with Crippen molar-refractivity contribution in [1.82, 2.24) is 10.6 Å². The summed E-state index contributed by atoms with van der Waals surface area (Å²) in [6, 6.07) is -0.580. The van der Waals surface area contributed by atoms with E-state index in [1.165, 1.54) is 0 Å². The van der Waals surface area contributed by atoms with E-state index >= 15 is 0 Å². The van der Waals surface area contributed by atoms with E-state index in [0.717, 1.165) is 6.42 Å². The van der Waals surface area contributed by atoms with E-state index in [9.17, 15) is 19.5 Å². The van der Waals surface area contributed by atoms with Gasteiger partial charge in [-0.1, -0.05) is 13.8 Å². The van der Waals surface area contributed by atoms with Gasteiger partial charge in [0.1, 0.15) is 11.0 Å². The summed E-state index contributed by atoms with van der Waals surface area (Å²) in [6.07, 6.45) is 1.65. The highest BCUT2D eigenvalue weighted by Crippen LogP contribution is 2.70. The van der Waals surface area contributed by atoms with Gasteiger partial charge >= 0.3 is 12.0 Å². The van der Waals surface area contributed by atoms with Crippen molar-refractivity contribution in [1.29, 1.82) is 0 Å². The second kappa shape index (κ2) is 2.87. The molecule has 0 aromatic carbocycles. The molecule has 3 atom stereocenters. The van der Waals surface area contributed by atoms with Crippen LogP contribution in [0.1, 0.15) is 33.1 Å². The molecule has 3 rings (SSSR count). The fourth-order valence-corrected chi connectivity index (χ4v) is 4.59. The first-order valence-corrected chi connectivity index (χ1v) is 6.15. The van der Waals surface area contributed by atoms with Crippen LogP contribution in [0.15, 0.2) is 0 Å². The molecule has 2 bridgehead atoms. The van der Waals surface area contributed by atoms with Crippen LogP contribution in [-0.4, -0.2) is 28.6 Å². The number of nitrogens with one attached hydrogen (secondary N) is 2. The first kappa shape index (κ1) is 11.5. The molecule has 6 nitrogen and oxygen atoms in total. The average molecular weight is 252 g/mol. The van der Waals surface area contributed by atoms with Crippen molar-refractivity contribution >= 4 is 17.9 Å². The molecule has 0 aromatic heterocycles. The van der Waals surface area contributed by atoms with Crippen LogP contribution in [0.25, 0.3) is 0 Å². The first-order chi connectivity index (χ1) is 8.28. The van der Waals surface area contributed by atoms with Crippen LogP contribution < -0.4 is 10.6 Å². The minimum Gasteiger partial charge on any atom is -0.481 e. The van der Waals surface area contributed by atoms with Gasteiger partial charge in [-0.2, -0.15) is 0 Å². The largest absolute Gasteiger partial charge is 0.481 e. The van der Waals surface area contributed by atoms with E-state index in [1.54, 1.807) is 0 Å². The normalized spacial score (nSPS) is 44.2. The molecule has 18 heavy (non-hydrogen) atoms. The van der Waals surface area contributed by atoms with Gasteiger partial charge in [0.15, 0.2) is 0 Å². The number of carboxylic acids is 1. The third-order valence-corrected chi connectivity index (χ3v) is 5.58. The number of carboxylic acid groups (broad SMARTS) is 1. The molecule has 1 aliphatic heterocycles. The molecule has 0 unspecified atom stereocenters. The Bertz CT molecular complexity index is 486. The molecule has 3 fully saturated rings. The summed E-state index contributed by atoms with van der Waals surface area (Å²) in [5.41, 5.74) is -2.95. The van der Waals surface area contributed by atoms with E-state index in [2.05, 4.69) is 10.6 Å². The number of fused-ring (bicyclic) bond motifs is 3. The van der Waals surface area contributed by atoms with Crippen molar-refractivity contribution in [3.8, 4) is 0 Å². The molecule has 98 valence electrons. The predicted molar refractivity (Wildman–Crippen MR) is 60.6 cm³/mol. The van der Waals surface area contributed by atoms with Crippen LogP contribution in [0.3, 0.4) is 0 Å². The molecule has 3 amide bonds. The lowest BCUT2D eigenvalue weighted by atomic mass is 9.61. The standard InChI is InChI=1S/C12H16N2O4/c1-10(2)6-3-4-11(10,8(16)17)12(5-6)7(15)13-9(18)14-12/h6H,3-5H2,1-2H3,(H,16,17)(H2,13,14,15,18)/t6-,11-,12+/m0/s1. The lowest BCUT2D eigenvalue weighted by Crippen LogP contribution is -2.63. The summed E-state index contributed by atoms with van der Waals surface area (Å²) in [6.45, 7) is 3.79. The third-order valence-electron chi connectivity index (χ3n) is 5.58. The molecule has 3 N–H and O–H groups in total. The summed E-state index contributed by atoms with van der Waals surface area (Å²) in [5, 5.41) is 14.5. The Morgan fingerprint density at radius 2 is 2.06 bits per heavy atom. The topological polar surface area (TPSA) is 95.5 Å². The highest BCUT2D eigenvalue weighted by atomic mass is 16.4. The Labute approximate surface area is 104 Å². The van der Waals surface area contributed by atoms with Gasteiger partial charge in [0.05, 0.1) is 0 Å². The fourth-order valence-electron chi connectivity index (χ4n) is 4.59. The number of carbonyl (C=O) groups is 3. The molecule has 2 aliphatic carbocycles. The second-order valence-corrected chi connectivity index (χ2v) is 6.19. The Morgan fingerprint density at radius 3 is 2.50 bits per heavy atom. The van der Waals surface area contributed by atoms with Crippen LogP contribution in [0.4, 0.5) is 4.79 Å². The third kappa shape index (κ3) is 0.875. The van der Waals surface area contributed by atoms with Crippen molar-refractivity contribution in [3.05, 3.63) is 0 Å². The fraction of sp³-hybridized carbons (Fsp3) is 0.750. The van der Waals surface area contributed by atoms with Gasteiger partial charge < -0.3 is 10.4 Å². The maximum atomic E-state index is 12.1. The Kier molecular flexibility index (Phi) is 1.83. The summed E-state index contributed by atoms with van der Waals surface area (Å²) in [4.78, 5) is 35.4. The predicted octanol–water partition coefficient (Wildman–Crippen LogP) is 0.476. The molecule has 0 radical (unpaired) electrons. The summed E-state index contributed by atoms with van der Waals surface area (Å²) in [5.74, 6) is -1.31. The van der Waals surface area contributed by atoms with E-state index < -0.39 is 34.3 Å². The average Bonchev–Trinajstić information content (AvgIpc) is 2.73. The maximum absolute atomic E-state index is 12.1. The maximum Gasteiger partial charge on any atom is 0.322 e. The van der Waals surface area contributed by atoms with E-state index in [-0.39, 0.29) is 5.92 Å². The first-order valence-electron chi connectivity index (χ1n) is 6.15. The number of amides is 3. The van der Waals surface area contributed by atoms with Crippen molar-refractivity contribution in [2.24, 2.45) is 16.7 Å². The highest BCUT2D eigenvalue weighted by Gasteiger charge is 2.79. The Morgan fingerprint density at radius 1 is 1.39 bits per heavy atom. The van der Waals surface area contributed by atoms with Crippen LogP contribution in [0, 0.1) is 16.7 Å². The number of hydrogen-bond acceptors (Lipinski definition) is 3. The second-order valence-electron chi connectivity index (χ2n) is 6.19. The van der Waals surface area contributed by atoms with Crippen LogP contribution in [0.5, 0.6) is 0 Å². The summed E-state index contributed by atoms with van der Waals surface area (Å²) < 4.78 is 0. The molecule has 1 saturated heterocycles. The monoisotopic (exact) mass is 252 g/mol. The Balaban J connectivity index is 2.22. The number of imide groups is 1. The smallest absolute Gasteiger partial charge is 0.322 e.